The van der Waals surface area contributed by atoms with E-state index < -0.39 is 0 Å². The predicted octanol–water partition coefficient (Wildman–Crippen LogP) is 3.32. The van der Waals surface area contributed by atoms with Crippen molar-refractivity contribution >= 4 is 39.0 Å². The van der Waals surface area contributed by atoms with E-state index in [2.05, 4.69) is 21.2 Å². The van der Waals surface area contributed by atoms with Crippen molar-refractivity contribution in [2.45, 2.75) is 13.5 Å². The van der Waals surface area contributed by atoms with Crippen LogP contribution in [0.5, 0.6) is 0 Å². The van der Waals surface area contributed by atoms with Crippen LogP contribution in [0, 0.1) is 6.92 Å². The molecular formula is C16H15BrN2OS. The third-order valence-electron chi connectivity index (χ3n) is 3.06. The number of aryl methyl sites for hydroxylation is 1. The molecular weight excluding hydrogens is 348 g/mol. The maximum atomic E-state index is 12.1. The van der Waals surface area contributed by atoms with Gasteiger partial charge in [-0.1, -0.05) is 42.5 Å². The molecule has 0 aliphatic rings. The van der Waals surface area contributed by atoms with Gasteiger partial charge in [0.15, 0.2) is 0 Å². The minimum absolute atomic E-state index is 0.111. The number of nitrogens with one attached hydrogen (secondary N) is 1. The number of hydrogen-bond acceptors (Lipinski definition) is 2. The predicted molar refractivity (Wildman–Crippen MR) is 92.4 cm³/mol. The van der Waals surface area contributed by atoms with Crippen LogP contribution in [0.15, 0.2) is 46.9 Å². The van der Waals surface area contributed by atoms with E-state index in [0.717, 1.165) is 21.2 Å². The number of halogens is 1. The molecule has 2 aromatic rings. The minimum Gasteiger partial charge on any atom is -0.389 e. The van der Waals surface area contributed by atoms with Crippen molar-refractivity contribution in [3.63, 3.8) is 0 Å². The van der Waals surface area contributed by atoms with E-state index in [-0.39, 0.29) is 5.91 Å². The lowest BCUT2D eigenvalue weighted by Gasteiger charge is -2.08. The molecule has 0 aromatic heterocycles. The fraction of sp³-hybridized carbons (Fsp3) is 0.125. The molecule has 2 aromatic carbocycles. The summed E-state index contributed by atoms with van der Waals surface area (Å²) in [5.74, 6) is -0.111. The molecule has 1 amide bonds. The lowest BCUT2D eigenvalue weighted by Crippen LogP contribution is -2.23. The molecule has 0 saturated heterocycles. The Hall–Kier alpha value is -1.72. The van der Waals surface area contributed by atoms with Crippen LogP contribution < -0.4 is 11.1 Å². The van der Waals surface area contributed by atoms with Crippen molar-refractivity contribution in [1.82, 2.24) is 5.32 Å². The summed E-state index contributed by atoms with van der Waals surface area (Å²) in [6.45, 7) is 2.44. The molecule has 0 fully saturated rings. The Morgan fingerprint density at radius 3 is 2.48 bits per heavy atom. The second kappa shape index (κ2) is 6.83. The lowest BCUT2D eigenvalue weighted by molar-refractivity contribution is 0.0950. The summed E-state index contributed by atoms with van der Waals surface area (Å²) in [5.41, 5.74) is 9.09. The number of hydrogen-bond donors (Lipinski definition) is 2. The highest BCUT2D eigenvalue weighted by Crippen LogP contribution is 2.18. The summed E-state index contributed by atoms with van der Waals surface area (Å²) in [5, 5.41) is 2.89. The Morgan fingerprint density at radius 2 is 1.90 bits per heavy atom. The number of thiocarbonyl (C=S) groups is 1. The third kappa shape index (κ3) is 4.12. The Balaban J connectivity index is 2.02. The van der Waals surface area contributed by atoms with E-state index in [9.17, 15) is 4.79 Å². The fourth-order valence-electron chi connectivity index (χ4n) is 1.87. The highest BCUT2D eigenvalue weighted by Gasteiger charge is 2.09. The Kier molecular flexibility index (Phi) is 5.09. The second-order valence-corrected chi connectivity index (χ2v) is 6.02. The zero-order valence-corrected chi connectivity index (χ0v) is 13.9. The maximum absolute atomic E-state index is 12.1. The van der Waals surface area contributed by atoms with E-state index >= 15 is 0 Å². The molecule has 0 saturated carbocycles. The molecule has 0 aliphatic heterocycles. The summed E-state index contributed by atoms with van der Waals surface area (Å²) in [7, 11) is 0. The number of carbonyl (C=O) groups is 1. The standard InChI is InChI=1S/C16H15BrN2OS/c1-10-2-7-13(14(17)8-10)16(20)19-9-11-3-5-12(6-4-11)15(18)21/h2-8H,9H2,1H3,(H2,18,21)(H,19,20). The SMILES string of the molecule is Cc1ccc(C(=O)NCc2ccc(C(N)=S)cc2)c(Br)c1. The number of amides is 1. The summed E-state index contributed by atoms with van der Waals surface area (Å²) in [6, 6.07) is 13.2. The Bertz CT molecular complexity index is 683. The molecule has 21 heavy (non-hydrogen) atoms. The minimum atomic E-state index is -0.111. The van der Waals surface area contributed by atoms with Gasteiger partial charge in [-0.25, -0.2) is 0 Å². The molecule has 5 heteroatoms. The van der Waals surface area contributed by atoms with Gasteiger partial charge in [-0.3, -0.25) is 4.79 Å². The van der Waals surface area contributed by atoms with Crippen LogP contribution in [-0.2, 0) is 6.54 Å². The van der Waals surface area contributed by atoms with Gasteiger partial charge in [-0.05, 0) is 46.1 Å². The molecule has 0 atom stereocenters. The van der Waals surface area contributed by atoms with E-state index in [1.807, 2.05) is 49.4 Å². The number of carbonyl (C=O) groups excluding carboxylic acids is 1. The Labute approximate surface area is 137 Å². The molecule has 0 bridgehead atoms. The van der Waals surface area contributed by atoms with Crippen LogP contribution in [0.4, 0.5) is 0 Å². The first-order valence-corrected chi connectivity index (χ1v) is 7.60. The molecule has 108 valence electrons. The van der Waals surface area contributed by atoms with E-state index in [4.69, 9.17) is 18.0 Å². The summed E-state index contributed by atoms with van der Waals surface area (Å²) in [6.07, 6.45) is 0. The molecule has 0 heterocycles. The second-order valence-electron chi connectivity index (χ2n) is 4.73. The molecule has 0 unspecified atom stereocenters. The zero-order valence-electron chi connectivity index (χ0n) is 11.5. The topological polar surface area (TPSA) is 55.1 Å². The fourth-order valence-corrected chi connectivity index (χ4v) is 2.68. The first-order valence-electron chi connectivity index (χ1n) is 6.40. The number of rotatable bonds is 4. The number of benzene rings is 2. The molecule has 2 rings (SSSR count). The van der Waals surface area contributed by atoms with E-state index in [1.54, 1.807) is 0 Å². The summed E-state index contributed by atoms with van der Waals surface area (Å²) in [4.78, 5) is 12.5. The highest BCUT2D eigenvalue weighted by molar-refractivity contribution is 9.10. The molecule has 0 spiro atoms. The number of nitrogens with two attached hydrogens (primary N) is 1. The largest absolute Gasteiger partial charge is 0.389 e. The lowest BCUT2D eigenvalue weighted by atomic mass is 10.1. The molecule has 0 radical (unpaired) electrons. The van der Waals surface area contributed by atoms with E-state index in [1.165, 1.54) is 0 Å². The molecule has 3 N–H and O–H groups in total. The first-order chi connectivity index (χ1) is 9.97. The monoisotopic (exact) mass is 362 g/mol. The van der Waals surface area contributed by atoms with Crippen LogP contribution in [0.25, 0.3) is 0 Å². The average molecular weight is 363 g/mol. The smallest absolute Gasteiger partial charge is 0.252 e. The van der Waals surface area contributed by atoms with Crippen LogP contribution in [-0.4, -0.2) is 10.9 Å². The van der Waals surface area contributed by atoms with Crippen molar-refractivity contribution < 1.29 is 4.79 Å². The van der Waals surface area contributed by atoms with Crippen LogP contribution in [0.2, 0.25) is 0 Å². The normalized spacial score (nSPS) is 10.2. The molecule has 3 nitrogen and oxygen atoms in total. The summed E-state index contributed by atoms with van der Waals surface area (Å²) < 4.78 is 0.795. The molecule has 0 aliphatic carbocycles. The van der Waals surface area contributed by atoms with Crippen LogP contribution in [0.3, 0.4) is 0 Å². The van der Waals surface area contributed by atoms with Gasteiger partial charge in [0.2, 0.25) is 0 Å². The maximum Gasteiger partial charge on any atom is 0.252 e. The van der Waals surface area contributed by atoms with Gasteiger partial charge in [0.25, 0.3) is 5.91 Å². The summed E-state index contributed by atoms with van der Waals surface area (Å²) >= 11 is 8.31. The van der Waals surface area contributed by atoms with Gasteiger partial charge >= 0.3 is 0 Å². The van der Waals surface area contributed by atoms with Gasteiger partial charge in [0.1, 0.15) is 4.99 Å². The van der Waals surface area contributed by atoms with Gasteiger partial charge < -0.3 is 11.1 Å². The first kappa shape index (κ1) is 15.7. The Morgan fingerprint density at radius 1 is 1.24 bits per heavy atom. The van der Waals surface area contributed by atoms with Crippen molar-refractivity contribution in [2.24, 2.45) is 5.73 Å². The van der Waals surface area contributed by atoms with Gasteiger partial charge in [-0.15, -0.1) is 0 Å². The van der Waals surface area contributed by atoms with Crippen molar-refractivity contribution in [3.8, 4) is 0 Å². The van der Waals surface area contributed by atoms with Gasteiger partial charge in [0, 0.05) is 16.6 Å². The van der Waals surface area contributed by atoms with Crippen molar-refractivity contribution in [3.05, 3.63) is 69.2 Å². The van der Waals surface area contributed by atoms with Crippen molar-refractivity contribution in [1.29, 1.82) is 0 Å². The average Bonchev–Trinajstić information content (AvgIpc) is 2.45. The van der Waals surface area contributed by atoms with Gasteiger partial charge in [0.05, 0.1) is 5.56 Å². The zero-order chi connectivity index (χ0) is 15.4. The van der Waals surface area contributed by atoms with Crippen molar-refractivity contribution in [2.75, 3.05) is 0 Å². The highest BCUT2D eigenvalue weighted by atomic mass is 79.9. The van der Waals surface area contributed by atoms with Crippen LogP contribution >= 0.6 is 28.1 Å². The van der Waals surface area contributed by atoms with Gasteiger partial charge in [-0.2, -0.15) is 0 Å². The third-order valence-corrected chi connectivity index (χ3v) is 3.95. The van der Waals surface area contributed by atoms with E-state index in [0.29, 0.717) is 17.1 Å². The van der Waals surface area contributed by atoms with Crippen LogP contribution in [0.1, 0.15) is 27.0 Å². The quantitative estimate of drug-likeness (QED) is 0.820.